The third-order valence-corrected chi connectivity index (χ3v) is 19.0. The number of nitriles is 2. The molecule has 1 aliphatic rings. The van der Waals surface area contributed by atoms with Crippen LogP contribution in [0.4, 0.5) is 17.6 Å². The summed E-state index contributed by atoms with van der Waals surface area (Å²) in [5.74, 6) is 4.52. The molecule has 1 saturated heterocycles. The van der Waals surface area contributed by atoms with Gasteiger partial charge >= 0.3 is 0 Å². The average Bonchev–Trinajstić information content (AvgIpc) is 1.61. The van der Waals surface area contributed by atoms with Crippen molar-refractivity contribution >= 4 is 68.9 Å². The minimum atomic E-state index is -0.199. The second-order valence-corrected chi connectivity index (χ2v) is 26.2. The van der Waals surface area contributed by atoms with Crippen molar-refractivity contribution < 1.29 is 31.6 Å². The van der Waals surface area contributed by atoms with Gasteiger partial charge in [-0.2, -0.15) is 10.5 Å². The highest BCUT2D eigenvalue weighted by Gasteiger charge is 2.28. The van der Waals surface area contributed by atoms with E-state index in [1.807, 2.05) is 279 Å². The zero-order valence-corrected chi connectivity index (χ0v) is 61.7. The van der Waals surface area contributed by atoms with E-state index in [0.717, 1.165) is 132 Å². The van der Waals surface area contributed by atoms with E-state index in [4.69, 9.17) is 44.2 Å². The van der Waals surface area contributed by atoms with Crippen LogP contribution in [-0.2, 0) is 9.53 Å². The molecule has 0 bridgehead atoms. The summed E-state index contributed by atoms with van der Waals surface area (Å²) in [4.78, 5) is 47.0. The minimum Gasteiger partial charge on any atom is -0.439 e. The lowest BCUT2D eigenvalue weighted by atomic mass is 9.98. The van der Waals surface area contributed by atoms with Crippen molar-refractivity contribution in [3.63, 3.8) is 0 Å². The zero-order valence-electron chi connectivity index (χ0n) is 60.9. The Bertz CT molecular complexity index is 6410. The Labute approximate surface area is 673 Å². The number of aromatic amines is 1. The van der Waals surface area contributed by atoms with Gasteiger partial charge in [0, 0.05) is 68.8 Å². The van der Waals surface area contributed by atoms with E-state index in [0.29, 0.717) is 68.1 Å². The Balaban J connectivity index is 0.000000126. The molecule has 9 heterocycles. The number of hydrogen-bond donors (Lipinski definition) is 4. The molecule has 10 aromatic carbocycles. The summed E-state index contributed by atoms with van der Waals surface area (Å²) in [6.07, 6.45) is 7.25. The smallest absolute Gasteiger partial charge is 0.262 e. The van der Waals surface area contributed by atoms with Crippen LogP contribution in [0.15, 0.2) is 349 Å². The van der Waals surface area contributed by atoms with Gasteiger partial charge in [0.15, 0.2) is 0 Å². The molecule has 1 fully saturated rings. The first-order valence-corrected chi connectivity index (χ1v) is 36.8. The van der Waals surface area contributed by atoms with Crippen LogP contribution in [0.1, 0.15) is 38.8 Å². The van der Waals surface area contributed by atoms with E-state index < -0.39 is 0 Å². The first-order valence-electron chi connectivity index (χ1n) is 36.4. The molecule has 1 amide bonds. The number of aromatic nitrogens is 6. The van der Waals surface area contributed by atoms with Gasteiger partial charge in [0.1, 0.15) is 81.1 Å². The molecule has 570 valence electrons. The maximum atomic E-state index is 12.3. The van der Waals surface area contributed by atoms with E-state index in [1.165, 1.54) is 12.7 Å². The van der Waals surface area contributed by atoms with Crippen molar-refractivity contribution in [1.29, 1.82) is 10.5 Å². The van der Waals surface area contributed by atoms with Crippen molar-refractivity contribution in [3.8, 4) is 124 Å². The Kier molecular flexibility index (Phi) is 25.6. The summed E-state index contributed by atoms with van der Waals surface area (Å²) >= 11 is 6.30. The number of ether oxygens (including phenoxy) is 1. The van der Waals surface area contributed by atoms with Gasteiger partial charge in [-0.25, -0.2) is 24.9 Å². The van der Waals surface area contributed by atoms with Crippen molar-refractivity contribution in [2.24, 2.45) is 0 Å². The molecule has 18 aromatic rings. The van der Waals surface area contributed by atoms with E-state index in [9.17, 15) is 20.1 Å². The number of nitrogen functional groups attached to an aromatic ring is 1. The fourth-order valence-corrected chi connectivity index (χ4v) is 13.8. The van der Waals surface area contributed by atoms with Crippen molar-refractivity contribution in [2.45, 2.75) is 33.8 Å². The van der Waals surface area contributed by atoms with Crippen molar-refractivity contribution in [3.05, 3.63) is 349 Å². The Morgan fingerprint density at radius 2 is 0.759 bits per heavy atom. The number of nitrogens with zero attached hydrogens (tertiary/aromatic N) is 7. The van der Waals surface area contributed by atoms with E-state index in [1.54, 1.807) is 6.33 Å². The Morgan fingerprint density at radius 1 is 0.422 bits per heavy atom. The number of fused-ring (bicyclic) bond motifs is 3. The number of benzene rings is 10. The molecule has 116 heavy (non-hydrogen) atoms. The predicted molar refractivity (Wildman–Crippen MR) is 459 cm³/mol. The molecule has 1 atom stereocenters. The molecule has 0 saturated carbocycles. The largest absolute Gasteiger partial charge is 0.439 e. The first kappa shape index (κ1) is 78.8. The maximum Gasteiger partial charge on any atom is 0.262 e. The molecule has 19 rings (SSSR count). The highest BCUT2D eigenvalue weighted by atomic mass is 35.5. The molecular formula is C96H76ClN11O8. The Morgan fingerprint density at radius 3 is 1.15 bits per heavy atom. The minimum absolute atomic E-state index is 0. The lowest BCUT2D eigenvalue weighted by Crippen LogP contribution is -2.19. The number of H-pyrrole nitrogens is 1. The van der Waals surface area contributed by atoms with Crippen LogP contribution in [0, 0.1) is 22.7 Å². The van der Waals surface area contributed by atoms with Gasteiger partial charge in [0.05, 0.1) is 23.2 Å². The number of hydrogen-bond acceptors (Lipinski definition) is 17. The van der Waals surface area contributed by atoms with Gasteiger partial charge < -0.3 is 42.9 Å². The van der Waals surface area contributed by atoms with Gasteiger partial charge in [-0.3, -0.25) is 14.9 Å². The average molecular weight is 1550 g/mol. The highest BCUT2D eigenvalue weighted by Crippen LogP contribution is 2.47. The number of furan rings is 5. The van der Waals surface area contributed by atoms with Crippen LogP contribution in [0.5, 0.6) is 0 Å². The molecule has 1 aliphatic heterocycles. The predicted octanol–water partition coefficient (Wildman–Crippen LogP) is 23.6. The van der Waals surface area contributed by atoms with Crippen LogP contribution >= 0.6 is 11.6 Å². The van der Waals surface area contributed by atoms with E-state index >= 15 is 0 Å². The standard InChI is InChI=1S/C23H21N3O2.C18H11ClN2O.2C18H12N2O2.C17H12N2O.2CH4/c1-3-8-16(9-4-1)19-20-22(24-14-18-12-7-13-27-18)25-15-26-23(20)28-21(19)17-10-5-2-6-11-17;19-17-15-14(12-7-3-1-4-8-12)16(13-9-5-2-6-10-13)22-18(15)21-11-20-17;21-17-15-14(12-7-3-1-4-8-12)16(13-9-5-2-6-10-13)22-18(15)20-11-19-17;19-11-15-16(13-7-3-1-4-8-13)17(22-18(15)20-12-21)14-9-5-2-6-10-14;18-11-14-15(12-7-3-1-4-8-12)16(20-17(14)19)13-9-5-2-6-10-13;;/h1-6,8-11,15,18H,7,12-14H2,(H,24,25,26);1-11H;1-11H,(H,19,20,21);1-10,12H,(H,20,21);1-10H,19H2;2*1H4/t18-;;;;;;/m0....../s1. The number of halogens is 1. The lowest BCUT2D eigenvalue weighted by molar-refractivity contribution is -0.105. The summed E-state index contributed by atoms with van der Waals surface area (Å²) in [6, 6.07) is 102. The normalized spacial score (nSPS) is 11.8. The summed E-state index contributed by atoms with van der Waals surface area (Å²) < 4.78 is 35.2. The van der Waals surface area contributed by atoms with Crippen LogP contribution in [-0.4, -0.2) is 55.6 Å². The summed E-state index contributed by atoms with van der Waals surface area (Å²) in [6.45, 7) is 1.57. The van der Waals surface area contributed by atoms with E-state index in [2.05, 4.69) is 76.9 Å². The summed E-state index contributed by atoms with van der Waals surface area (Å²) in [5, 5.41) is 27.3. The zero-order chi connectivity index (χ0) is 78.0. The van der Waals surface area contributed by atoms with Crippen molar-refractivity contribution in [2.75, 3.05) is 29.5 Å². The molecule has 0 spiro atoms. The molecule has 0 aliphatic carbocycles. The second-order valence-electron chi connectivity index (χ2n) is 25.8. The Hall–Kier alpha value is -15.3. The molecule has 5 N–H and O–H groups in total. The van der Waals surface area contributed by atoms with Crippen LogP contribution in [0.3, 0.4) is 0 Å². The SMILES string of the molecule is C.C.Clc1ncnc2oc(-c3ccccc3)c(-c3ccccc3)c12.N#Cc1c(N)oc(-c2ccccc2)c1-c1ccccc1.N#Cc1c(NC=O)oc(-c2ccccc2)c1-c1ccccc1.O=c1[nH]cnc2oc(-c3ccccc3)c(-c3ccccc3)c12.c1ccc(-c2oc3ncnc(NC[C@@H]4CCCO4)c3c2-c2ccccc2)cc1. The lowest BCUT2D eigenvalue weighted by Gasteiger charge is -2.12. The van der Waals surface area contributed by atoms with Crippen LogP contribution in [0.25, 0.3) is 146 Å². The maximum absolute atomic E-state index is 12.3. The van der Waals surface area contributed by atoms with Crippen LogP contribution < -0.4 is 21.9 Å². The number of carbonyl (C=O) groups is 1. The van der Waals surface area contributed by atoms with Gasteiger partial charge in [-0.15, -0.1) is 0 Å². The number of carbonyl (C=O) groups excluding carboxylic acids is 1. The van der Waals surface area contributed by atoms with Crippen molar-refractivity contribution in [1.82, 2.24) is 29.9 Å². The molecule has 0 radical (unpaired) electrons. The molecule has 8 aromatic heterocycles. The first-order chi connectivity index (χ1) is 56.2. The molecular weight excluding hydrogens is 1470 g/mol. The summed E-state index contributed by atoms with van der Waals surface area (Å²) in [7, 11) is 0. The van der Waals surface area contributed by atoms with Gasteiger partial charge in [-0.1, -0.05) is 330 Å². The number of nitrogens with two attached hydrogens (primary N) is 1. The van der Waals surface area contributed by atoms with Crippen LogP contribution in [0.2, 0.25) is 5.15 Å². The van der Waals surface area contributed by atoms with E-state index in [-0.39, 0.29) is 38.3 Å². The monoisotopic (exact) mass is 1550 g/mol. The summed E-state index contributed by atoms with van der Waals surface area (Å²) in [5.41, 5.74) is 21.4. The molecule has 19 nitrogen and oxygen atoms in total. The third kappa shape index (κ3) is 17.3. The molecule has 0 unspecified atom stereocenters. The number of rotatable bonds is 15. The number of nitrogens with one attached hydrogen (secondary N) is 3. The highest BCUT2D eigenvalue weighted by molar-refractivity contribution is 6.35. The molecule has 20 heteroatoms. The fraction of sp³-hybridized carbons (Fsp3) is 0.0729. The number of amides is 1. The third-order valence-electron chi connectivity index (χ3n) is 18.7. The topological polar surface area (TPSA) is 287 Å². The van der Waals surface area contributed by atoms with Gasteiger partial charge in [-0.05, 0) is 40.7 Å². The fourth-order valence-electron chi connectivity index (χ4n) is 13.5. The second kappa shape index (κ2) is 37.6. The van der Waals surface area contributed by atoms with Gasteiger partial charge in [0.2, 0.25) is 35.3 Å². The number of anilines is 3. The quantitative estimate of drug-likeness (QED) is 0.0548. The van der Waals surface area contributed by atoms with Gasteiger partial charge in [0.25, 0.3) is 5.56 Å².